The highest BCUT2D eigenvalue weighted by atomic mass is 79.9. The Hall–Kier alpha value is -2.13. The number of carbonyl (C=O) groups excluding carboxylic acids is 1. The van der Waals surface area contributed by atoms with Gasteiger partial charge in [0, 0.05) is 27.5 Å². The van der Waals surface area contributed by atoms with Gasteiger partial charge in [-0.2, -0.15) is 0 Å². The lowest BCUT2D eigenvalue weighted by Crippen LogP contribution is -2.13. The Kier molecular flexibility index (Phi) is 6.98. The molecule has 138 valence electrons. The topological polar surface area (TPSA) is 90.7 Å². The van der Waals surface area contributed by atoms with Gasteiger partial charge in [0.1, 0.15) is 0 Å². The number of rotatable bonds is 7. The molecule has 0 radical (unpaired) electrons. The molecule has 0 spiro atoms. The summed E-state index contributed by atoms with van der Waals surface area (Å²) in [4.78, 5) is 22.5. The van der Waals surface area contributed by atoms with E-state index in [4.69, 9.17) is 9.47 Å². The van der Waals surface area contributed by atoms with Crippen molar-refractivity contribution >= 4 is 49.1 Å². The molecule has 0 bridgehead atoms. The van der Waals surface area contributed by atoms with E-state index in [1.54, 1.807) is 20.3 Å². The molecular formula is C17H16Br2N2O5. The number of benzene rings is 2. The summed E-state index contributed by atoms with van der Waals surface area (Å²) in [6, 6.07) is 7.79. The SMILES string of the molecule is COc1cc(Br)c(CCC(=O)Nc2ccc([N+](=O)[O-])cc2Br)cc1OC. The molecule has 2 aromatic rings. The first-order chi connectivity index (χ1) is 12.3. The number of non-ortho nitro benzene ring substituents is 1. The molecule has 0 saturated carbocycles. The van der Waals surface area contributed by atoms with Crippen LogP contribution in [0.1, 0.15) is 12.0 Å². The molecule has 0 aliphatic heterocycles. The molecule has 2 aromatic carbocycles. The largest absolute Gasteiger partial charge is 0.493 e. The molecule has 0 heterocycles. The van der Waals surface area contributed by atoms with Gasteiger partial charge in [0.2, 0.25) is 5.91 Å². The average molecular weight is 488 g/mol. The summed E-state index contributed by atoms with van der Waals surface area (Å²) in [5.74, 6) is 0.979. The molecular weight excluding hydrogens is 472 g/mol. The molecule has 2 rings (SSSR count). The van der Waals surface area contributed by atoms with Crippen LogP contribution in [0.3, 0.4) is 0 Å². The van der Waals surface area contributed by atoms with Gasteiger partial charge in [0.15, 0.2) is 11.5 Å². The molecule has 0 fully saturated rings. The number of ether oxygens (including phenoxy) is 2. The summed E-state index contributed by atoms with van der Waals surface area (Å²) in [7, 11) is 3.10. The molecule has 26 heavy (non-hydrogen) atoms. The summed E-state index contributed by atoms with van der Waals surface area (Å²) >= 11 is 6.69. The van der Waals surface area contributed by atoms with Gasteiger partial charge in [0.05, 0.1) is 24.8 Å². The first kappa shape index (κ1) is 20.2. The summed E-state index contributed by atoms with van der Waals surface area (Å²) < 4.78 is 11.8. The Morgan fingerprint density at radius 1 is 1.12 bits per heavy atom. The van der Waals surface area contributed by atoms with Gasteiger partial charge in [-0.1, -0.05) is 15.9 Å². The molecule has 0 aliphatic rings. The zero-order chi connectivity index (χ0) is 19.3. The number of nitro benzene ring substituents is 1. The predicted molar refractivity (Wildman–Crippen MR) is 105 cm³/mol. The molecule has 0 saturated heterocycles. The van der Waals surface area contributed by atoms with Crippen LogP contribution in [0, 0.1) is 10.1 Å². The first-order valence-electron chi connectivity index (χ1n) is 7.50. The molecule has 9 heteroatoms. The first-order valence-corrected chi connectivity index (χ1v) is 9.08. The lowest BCUT2D eigenvalue weighted by Gasteiger charge is -2.12. The quantitative estimate of drug-likeness (QED) is 0.451. The van der Waals surface area contributed by atoms with Crippen LogP contribution in [-0.2, 0) is 11.2 Å². The standard InChI is InChI=1S/C17H16Br2N2O5/c1-25-15-7-10(12(18)9-16(15)26-2)3-6-17(22)20-14-5-4-11(21(23)24)8-13(14)19/h4-5,7-9H,3,6H2,1-2H3,(H,20,22). The van der Waals surface area contributed by atoms with Crippen LogP contribution >= 0.6 is 31.9 Å². The summed E-state index contributed by atoms with van der Waals surface area (Å²) in [5.41, 5.74) is 1.33. The molecule has 0 unspecified atom stereocenters. The van der Waals surface area contributed by atoms with E-state index in [2.05, 4.69) is 37.2 Å². The van der Waals surface area contributed by atoms with Gasteiger partial charge >= 0.3 is 0 Å². The van der Waals surface area contributed by atoms with Crippen molar-refractivity contribution in [1.29, 1.82) is 0 Å². The fourth-order valence-electron chi connectivity index (χ4n) is 2.27. The lowest BCUT2D eigenvalue weighted by atomic mass is 10.1. The zero-order valence-corrected chi connectivity index (χ0v) is 17.2. The lowest BCUT2D eigenvalue weighted by molar-refractivity contribution is -0.384. The van der Waals surface area contributed by atoms with Crippen molar-refractivity contribution in [3.8, 4) is 11.5 Å². The number of hydrogen-bond acceptors (Lipinski definition) is 5. The maximum absolute atomic E-state index is 12.2. The van der Waals surface area contributed by atoms with Crippen LogP contribution in [0.2, 0.25) is 0 Å². The maximum atomic E-state index is 12.2. The summed E-state index contributed by atoms with van der Waals surface area (Å²) in [6.07, 6.45) is 0.717. The van der Waals surface area contributed by atoms with E-state index in [9.17, 15) is 14.9 Å². The summed E-state index contributed by atoms with van der Waals surface area (Å²) in [6.45, 7) is 0. The molecule has 0 aliphatic carbocycles. The fraction of sp³-hybridized carbons (Fsp3) is 0.235. The number of nitrogens with zero attached hydrogens (tertiary/aromatic N) is 1. The monoisotopic (exact) mass is 486 g/mol. The van der Waals surface area contributed by atoms with Crippen molar-refractivity contribution in [1.82, 2.24) is 0 Å². The van der Waals surface area contributed by atoms with Gasteiger partial charge in [-0.15, -0.1) is 0 Å². The second kappa shape index (κ2) is 9.00. The molecule has 1 N–H and O–H groups in total. The van der Waals surface area contributed by atoms with E-state index >= 15 is 0 Å². The van der Waals surface area contributed by atoms with Crippen LogP contribution in [0.15, 0.2) is 39.3 Å². The predicted octanol–water partition coefficient (Wildman–Crippen LogP) is 4.71. The normalized spacial score (nSPS) is 10.3. The Bertz CT molecular complexity index is 842. The number of carbonyl (C=O) groups is 1. The van der Waals surface area contributed by atoms with Crippen molar-refractivity contribution in [3.05, 3.63) is 55.0 Å². The van der Waals surface area contributed by atoms with Gasteiger partial charge in [-0.05, 0) is 46.1 Å². The maximum Gasteiger partial charge on any atom is 0.270 e. The number of amides is 1. The fourth-order valence-corrected chi connectivity index (χ4v) is 3.25. The third-order valence-corrected chi connectivity index (χ3v) is 5.01. The Morgan fingerprint density at radius 2 is 1.77 bits per heavy atom. The van der Waals surface area contributed by atoms with Crippen molar-refractivity contribution in [2.24, 2.45) is 0 Å². The Morgan fingerprint density at radius 3 is 2.35 bits per heavy atom. The minimum absolute atomic E-state index is 0.0517. The zero-order valence-electron chi connectivity index (χ0n) is 14.0. The molecule has 0 aromatic heterocycles. The van der Waals surface area contributed by atoms with Crippen molar-refractivity contribution in [2.75, 3.05) is 19.5 Å². The number of methoxy groups -OCH3 is 2. The number of nitrogens with one attached hydrogen (secondary N) is 1. The van der Waals surface area contributed by atoms with Crippen molar-refractivity contribution < 1.29 is 19.2 Å². The van der Waals surface area contributed by atoms with Gasteiger partial charge in [-0.25, -0.2) is 0 Å². The third kappa shape index (κ3) is 4.95. The van der Waals surface area contributed by atoms with E-state index in [-0.39, 0.29) is 18.0 Å². The minimum atomic E-state index is -0.495. The molecule has 7 nitrogen and oxygen atoms in total. The second-order valence-electron chi connectivity index (χ2n) is 5.27. The average Bonchev–Trinajstić information content (AvgIpc) is 2.61. The number of halogens is 2. The number of aryl methyl sites for hydroxylation is 1. The van der Waals surface area contributed by atoms with E-state index in [0.717, 1.165) is 10.0 Å². The van der Waals surface area contributed by atoms with Crippen LogP contribution in [0.25, 0.3) is 0 Å². The van der Waals surface area contributed by atoms with E-state index in [0.29, 0.717) is 28.1 Å². The summed E-state index contributed by atoms with van der Waals surface area (Å²) in [5, 5.41) is 13.5. The number of hydrogen-bond donors (Lipinski definition) is 1. The Balaban J connectivity index is 2.04. The van der Waals surface area contributed by atoms with Crippen LogP contribution in [0.4, 0.5) is 11.4 Å². The minimum Gasteiger partial charge on any atom is -0.493 e. The highest BCUT2D eigenvalue weighted by Crippen LogP contribution is 2.34. The smallest absolute Gasteiger partial charge is 0.270 e. The molecule has 1 amide bonds. The van der Waals surface area contributed by atoms with Crippen LogP contribution in [0.5, 0.6) is 11.5 Å². The molecule has 0 atom stereocenters. The van der Waals surface area contributed by atoms with Gasteiger partial charge in [0.25, 0.3) is 5.69 Å². The second-order valence-corrected chi connectivity index (χ2v) is 6.98. The van der Waals surface area contributed by atoms with E-state index in [1.807, 2.05) is 6.07 Å². The number of anilines is 1. The van der Waals surface area contributed by atoms with Gasteiger partial charge in [-0.3, -0.25) is 14.9 Å². The van der Waals surface area contributed by atoms with Gasteiger partial charge < -0.3 is 14.8 Å². The van der Waals surface area contributed by atoms with E-state index < -0.39 is 4.92 Å². The van der Waals surface area contributed by atoms with E-state index in [1.165, 1.54) is 18.2 Å². The Labute approximate surface area is 167 Å². The van der Waals surface area contributed by atoms with Crippen LogP contribution < -0.4 is 14.8 Å². The van der Waals surface area contributed by atoms with Crippen molar-refractivity contribution in [3.63, 3.8) is 0 Å². The highest BCUT2D eigenvalue weighted by Gasteiger charge is 2.13. The van der Waals surface area contributed by atoms with Crippen molar-refractivity contribution in [2.45, 2.75) is 12.8 Å². The highest BCUT2D eigenvalue weighted by molar-refractivity contribution is 9.11. The third-order valence-electron chi connectivity index (χ3n) is 3.61. The van der Waals surface area contributed by atoms with Crippen LogP contribution in [-0.4, -0.2) is 25.1 Å². The number of nitro groups is 1.